The van der Waals surface area contributed by atoms with Gasteiger partial charge in [-0.15, -0.1) is 0 Å². The van der Waals surface area contributed by atoms with Gasteiger partial charge in [-0.1, -0.05) is 15.9 Å². The van der Waals surface area contributed by atoms with Crippen LogP contribution in [0, 0.1) is 11.2 Å². The molecule has 3 rings (SSSR count). The summed E-state index contributed by atoms with van der Waals surface area (Å²) in [6.07, 6.45) is 2.31. The molecule has 2 nitrogen and oxygen atoms in total. The van der Waals surface area contributed by atoms with Crippen LogP contribution in [-0.2, 0) is 11.3 Å². The van der Waals surface area contributed by atoms with Gasteiger partial charge in [-0.3, -0.25) is 4.90 Å². The first-order chi connectivity index (χ1) is 8.67. The molecule has 0 amide bonds. The maximum Gasteiger partial charge on any atom is 0.127 e. The van der Waals surface area contributed by atoms with E-state index < -0.39 is 0 Å². The largest absolute Gasteiger partial charge is 0.381 e. The van der Waals surface area contributed by atoms with Crippen LogP contribution in [0.4, 0.5) is 4.39 Å². The lowest BCUT2D eigenvalue weighted by Gasteiger charge is -2.52. The topological polar surface area (TPSA) is 12.5 Å². The molecular weight excluding hydrogens is 297 g/mol. The van der Waals surface area contributed by atoms with Crippen LogP contribution in [0.2, 0.25) is 0 Å². The predicted molar refractivity (Wildman–Crippen MR) is 71.9 cm³/mol. The number of ether oxygens (including phenoxy) is 1. The van der Waals surface area contributed by atoms with Gasteiger partial charge >= 0.3 is 0 Å². The minimum Gasteiger partial charge on any atom is -0.381 e. The maximum absolute atomic E-state index is 13.7. The molecule has 98 valence electrons. The van der Waals surface area contributed by atoms with Gasteiger partial charge in [-0.25, -0.2) is 4.39 Å². The molecule has 2 saturated heterocycles. The molecule has 1 aromatic carbocycles. The third-order valence-corrected chi connectivity index (χ3v) is 4.57. The van der Waals surface area contributed by atoms with Crippen molar-refractivity contribution in [3.63, 3.8) is 0 Å². The third-order valence-electron chi connectivity index (χ3n) is 4.07. The third kappa shape index (κ3) is 2.46. The minimum atomic E-state index is -0.105. The van der Waals surface area contributed by atoms with E-state index in [1.807, 2.05) is 6.07 Å². The van der Waals surface area contributed by atoms with Crippen LogP contribution in [0.15, 0.2) is 22.7 Å². The average Bonchev–Trinajstić information content (AvgIpc) is 2.33. The van der Waals surface area contributed by atoms with Crippen molar-refractivity contribution >= 4 is 15.9 Å². The zero-order chi connectivity index (χ0) is 12.6. The van der Waals surface area contributed by atoms with Crippen LogP contribution in [0.1, 0.15) is 18.4 Å². The fourth-order valence-corrected chi connectivity index (χ4v) is 3.45. The van der Waals surface area contributed by atoms with Crippen molar-refractivity contribution in [3.8, 4) is 0 Å². The van der Waals surface area contributed by atoms with E-state index in [4.69, 9.17) is 4.74 Å². The van der Waals surface area contributed by atoms with Crippen molar-refractivity contribution in [1.82, 2.24) is 4.90 Å². The van der Waals surface area contributed by atoms with Crippen molar-refractivity contribution in [2.24, 2.45) is 5.41 Å². The Morgan fingerprint density at radius 2 is 2.00 bits per heavy atom. The highest BCUT2D eigenvalue weighted by atomic mass is 79.9. The molecule has 1 spiro atoms. The van der Waals surface area contributed by atoms with E-state index in [-0.39, 0.29) is 5.82 Å². The molecule has 2 fully saturated rings. The summed E-state index contributed by atoms with van der Waals surface area (Å²) in [5, 5.41) is 0. The highest BCUT2D eigenvalue weighted by molar-refractivity contribution is 9.10. The number of nitrogens with zero attached hydrogens (tertiary/aromatic N) is 1. The van der Waals surface area contributed by atoms with Gasteiger partial charge in [0, 0.05) is 48.3 Å². The summed E-state index contributed by atoms with van der Waals surface area (Å²) in [4.78, 5) is 2.33. The molecule has 0 N–H and O–H groups in total. The number of hydrogen-bond acceptors (Lipinski definition) is 2. The highest BCUT2D eigenvalue weighted by Gasteiger charge is 2.43. The molecule has 2 aliphatic heterocycles. The van der Waals surface area contributed by atoms with E-state index in [1.165, 1.54) is 6.07 Å². The smallest absolute Gasteiger partial charge is 0.127 e. The molecule has 0 bridgehead atoms. The molecule has 0 saturated carbocycles. The fourth-order valence-electron chi connectivity index (χ4n) is 3.04. The standard InChI is InChI=1S/C14H17BrFNO/c15-12-1-2-13(16)11(7-12)8-17-9-14(10-17)3-5-18-6-4-14/h1-2,7H,3-6,8-10H2. The predicted octanol–water partition coefficient (Wildman–Crippen LogP) is 3.20. The van der Waals surface area contributed by atoms with Crippen LogP contribution in [0.3, 0.4) is 0 Å². The molecule has 0 aromatic heterocycles. The summed E-state index contributed by atoms with van der Waals surface area (Å²) in [6, 6.07) is 5.16. The Labute approximate surface area is 115 Å². The van der Waals surface area contributed by atoms with Gasteiger partial charge < -0.3 is 4.74 Å². The van der Waals surface area contributed by atoms with Crippen molar-refractivity contribution in [3.05, 3.63) is 34.1 Å². The second-order valence-electron chi connectivity index (χ2n) is 5.49. The second kappa shape index (κ2) is 4.91. The Morgan fingerprint density at radius 3 is 2.72 bits per heavy atom. The van der Waals surface area contributed by atoms with E-state index in [0.717, 1.165) is 49.2 Å². The molecule has 0 aliphatic carbocycles. The van der Waals surface area contributed by atoms with Crippen molar-refractivity contribution in [2.45, 2.75) is 19.4 Å². The zero-order valence-electron chi connectivity index (χ0n) is 10.3. The first-order valence-electron chi connectivity index (χ1n) is 6.41. The van der Waals surface area contributed by atoms with E-state index in [0.29, 0.717) is 12.0 Å². The zero-order valence-corrected chi connectivity index (χ0v) is 11.9. The molecule has 2 aliphatic rings. The molecule has 1 aromatic rings. The van der Waals surface area contributed by atoms with E-state index >= 15 is 0 Å². The molecule has 0 unspecified atom stereocenters. The van der Waals surface area contributed by atoms with Crippen LogP contribution >= 0.6 is 15.9 Å². The van der Waals surface area contributed by atoms with Crippen molar-refractivity contribution < 1.29 is 9.13 Å². The summed E-state index contributed by atoms with van der Waals surface area (Å²) in [7, 11) is 0. The number of rotatable bonds is 2. The molecule has 4 heteroatoms. The number of benzene rings is 1. The summed E-state index contributed by atoms with van der Waals surface area (Å²) >= 11 is 3.39. The Morgan fingerprint density at radius 1 is 1.28 bits per heavy atom. The van der Waals surface area contributed by atoms with E-state index in [1.54, 1.807) is 6.07 Å². The molecule has 0 radical (unpaired) electrons. The van der Waals surface area contributed by atoms with Crippen LogP contribution < -0.4 is 0 Å². The first-order valence-corrected chi connectivity index (χ1v) is 7.20. The van der Waals surface area contributed by atoms with Crippen LogP contribution in [0.5, 0.6) is 0 Å². The van der Waals surface area contributed by atoms with Gasteiger partial charge in [0.05, 0.1) is 0 Å². The summed E-state index contributed by atoms with van der Waals surface area (Å²) in [5.74, 6) is -0.105. The Hall–Kier alpha value is -0.450. The van der Waals surface area contributed by atoms with E-state index in [9.17, 15) is 4.39 Å². The average molecular weight is 314 g/mol. The van der Waals surface area contributed by atoms with Gasteiger partial charge in [-0.05, 0) is 31.0 Å². The van der Waals surface area contributed by atoms with Crippen LogP contribution in [0.25, 0.3) is 0 Å². The van der Waals surface area contributed by atoms with Gasteiger partial charge in [0.1, 0.15) is 5.82 Å². The molecule has 0 atom stereocenters. The van der Waals surface area contributed by atoms with Crippen LogP contribution in [-0.4, -0.2) is 31.2 Å². The molecular formula is C14H17BrFNO. The maximum atomic E-state index is 13.7. The lowest BCUT2D eigenvalue weighted by Crippen LogP contribution is -2.57. The quantitative estimate of drug-likeness (QED) is 0.831. The van der Waals surface area contributed by atoms with Gasteiger partial charge in [0.25, 0.3) is 0 Å². The normalized spacial score (nSPS) is 23.0. The van der Waals surface area contributed by atoms with Crippen molar-refractivity contribution in [1.29, 1.82) is 0 Å². The van der Waals surface area contributed by atoms with Gasteiger partial charge in [-0.2, -0.15) is 0 Å². The second-order valence-corrected chi connectivity index (χ2v) is 6.41. The Balaban J connectivity index is 1.60. The van der Waals surface area contributed by atoms with Gasteiger partial charge in [0.2, 0.25) is 0 Å². The summed E-state index contributed by atoms with van der Waals surface area (Å²) in [5.41, 5.74) is 1.24. The Kier molecular flexibility index (Phi) is 3.43. The number of halogens is 2. The molecule has 2 heterocycles. The number of likely N-dealkylation sites (tertiary alicyclic amines) is 1. The summed E-state index contributed by atoms with van der Waals surface area (Å²) in [6.45, 7) is 4.66. The SMILES string of the molecule is Fc1ccc(Br)cc1CN1CC2(CCOCC2)C1. The monoisotopic (exact) mass is 313 g/mol. The minimum absolute atomic E-state index is 0.105. The lowest BCUT2D eigenvalue weighted by atomic mass is 9.73. The first kappa shape index (κ1) is 12.6. The summed E-state index contributed by atoms with van der Waals surface area (Å²) < 4.78 is 20.0. The van der Waals surface area contributed by atoms with E-state index in [2.05, 4.69) is 20.8 Å². The van der Waals surface area contributed by atoms with Gasteiger partial charge in [0.15, 0.2) is 0 Å². The fraction of sp³-hybridized carbons (Fsp3) is 0.571. The Bertz CT molecular complexity index is 437. The number of hydrogen-bond donors (Lipinski definition) is 0. The molecule has 18 heavy (non-hydrogen) atoms. The highest BCUT2D eigenvalue weighted by Crippen LogP contribution is 2.40. The lowest BCUT2D eigenvalue weighted by molar-refractivity contribution is -0.0841. The van der Waals surface area contributed by atoms with Crippen molar-refractivity contribution in [2.75, 3.05) is 26.3 Å².